The van der Waals surface area contributed by atoms with Gasteiger partial charge in [-0.15, -0.1) is 0 Å². The van der Waals surface area contributed by atoms with Gasteiger partial charge >= 0.3 is 0 Å². The molecule has 0 bridgehead atoms. The maximum atomic E-state index is 2.49. The second-order valence-corrected chi connectivity index (χ2v) is 22.5. The first kappa shape index (κ1) is 54.6. The van der Waals surface area contributed by atoms with Gasteiger partial charge in [-0.25, -0.2) is 0 Å². The largest absolute Gasteiger partial charge is 0.309 e. The van der Waals surface area contributed by atoms with Crippen LogP contribution >= 0.6 is 0 Å². The summed E-state index contributed by atoms with van der Waals surface area (Å²) in [7, 11) is 0. The molecular weight excluding hydrogens is 1060 g/mol. The highest BCUT2D eigenvalue weighted by molar-refractivity contribution is 6.00. The van der Waals surface area contributed by atoms with Crippen molar-refractivity contribution in [2.75, 3.05) is 9.80 Å². The number of hydrogen-bond acceptors (Lipinski definition) is 2. The van der Waals surface area contributed by atoms with Gasteiger partial charge in [0.2, 0.25) is 0 Å². The lowest BCUT2D eigenvalue weighted by atomic mass is 9.92. The molecular formula is C86H64N2. The summed E-state index contributed by atoms with van der Waals surface area (Å²) in [5, 5.41) is 0. The molecule has 0 aliphatic heterocycles. The van der Waals surface area contributed by atoms with Gasteiger partial charge in [-0.05, 0) is 164 Å². The van der Waals surface area contributed by atoms with Gasteiger partial charge in [0.25, 0.3) is 0 Å². The van der Waals surface area contributed by atoms with Gasteiger partial charge in [-0.3, -0.25) is 0 Å². The molecule has 0 heterocycles. The lowest BCUT2D eigenvalue weighted by molar-refractivity contribution is 1.24. The third-order valence-corrected chi connectivity index (χ3v) is 16.9. The molecule has 0 N–H and O–H groups in total. The second kappa shape index (κ2) is 24.7. The van der Waals surface area contributed by atoms with Crippen molar-refractivity contribution in [2.45, 2.75) is 13.8 Å². The van der Waals surface area contributed by atoms with Crippen molar-refractivity contribution in [3.8, 4) is 100 Å². The van der Waals surface area contributed by atoms with Gasteiger partial charge in [0, 0.05) is 45.0 Å². The van der Waals surface area contributed by atoms with Gasteiger partial charge in [-0.1, -0.05) is 291 Å². The predicted octanol–water partition coefficient (Wildman–Crippen LogP) is 24.2. The minimum atomic E-state index is 1.07. The molecule has 2 nitrogen and oxygen atoms in total. The van der Waals surface area contributed by atoms with E-state index in [9.17, 15) is 0 Å². The Balaban J connectivity index is 0.893. The molecule has 0 spiro atoms. The Hall–Kier alpha value is -11.3. The quantitative estimate of drug-likeness (QED) is 0.101. The molecule has 0 saturated heterocycles. The smallest absolute Gasteiger partial charge is 0.0618 e. The molecule has 0 saturated carbocycles. The molecule has 2 heteroatoms. The highest BCUT2D eigenvalue weighted by atomic mass is 15.2. The number of nitrogens with zero attached hydrogens (tertiary/aromatic N) is 2. The van der Waals surface area contributed by atoms with Crippen LogP contribution in [0.4, 0.5) is 34.1 Å². The van der Waals surface area contributed by atoms with E-state index in [2.05, 4.69) is 375 Å². The van der Waals surface area contributed by atoms with Crippen molar-refractivity contribution in [1.29, 1.82) is 0 Å². The van der Waals surface area contributed by atoms with Crippen molar-refractivity contribution in [2.24, 2.45) is 0 Å². The van der Waals surface area contributed by atoms with Crippen molar-refractivity contribution >= 4 is 34.1 Å². The summed E-state index contributed by atoms with van der Waals surface area (Å²) in [6, 6.07) is 128. The number of benzene rings is 14. The Morgan fingerprint density at radius 1 is 0.170 bits per heavy atom. The average molecular weight is 1130 g/mol. The zero-order valence-electron chi connectivity index (χ0n) is 49.4. The van der Waals surface area contributed by atoms with Crippen LogP contribution in [0, 0.1) is 13.8 Å². The van der Waals surface area contributed by atoms with Crippen LogP contribution in [0.2, 0.25) is 0 Å². The highest BCUT2D eigenvalue weighted by Crippen LogP contribution is 2.51. The number of hydrogen-bond donors (Lipinski definition) is 0. The third kappa shape index (κ3) is 11.2. The van der Waals surface area contributed by atoms with Crippen LogP contribution in [0.3, 0.4) is 0 Å². The van der Waals surface area contributed by atoms with E-state index in [0.717, 1.165) is 112 Å². The van der Waals surface area contributed by atoms with E-state index < -0.39 is 0 Å². The minimum Gasteiger partial charge on any atom is -0.309 e. The van der Waals surface area contributed by atoms with E-state index in [1.54, 1.807) is 0 Å². The Kier molecular flexibility index (Phi) is 15.3. The first-order valence-electron chi connectivity index (χ1n) is 30.3. The van der Waals surface area contributed by atoms with Gasteiger partial charge < -0.3 is 9.80 Å². The maximum Gasteiger partial charge on any atom is 0.0618 e. The van der Waals surface area contributed by atoms with Crippen LogP contribution in [-0.4, -0.2) is 0 Å². The molecule has 88 heavy (non-hydrogen) atoms. The molecule has 14 aromatic carbocycles. The summed E-state index contributed by atoms with van der Waals surface area (Å²) in [5.74, 6) is 0. The number of rotatable bonds is 15. The van der Waals surface area contributed by atoms with Gasteiger partial charge in [0.1, 0.15) is 0 Å². The lowest BCUT2D eigenvalue weighted by Crippen LogP contribution is -2.14. The summed E-state index contributed by atoms with van der Waals surface area (Å²) in [6.45, 7) is 4.53. The van der Waals surface area contributed by atoms with Crippen LogP contribution in [-0.2, 0) is 0 Å². The van der Waals surface area contributed by atoms with E-state index in [1.165, 1.54) is 33.4 Å². The van der Waals surface area contributed by atoms with Crippen LogP contribution < -0.4 is 9.80 Å². The Morgan fingerprint density at radius 3 is 0.659 bits per heavy atom. The maximum absolute atomic E-state index is 2.49. The summed E-state index contributed by atoms with van der Waals surface area (Å²) >= 11 is 0. The summed E-state index contributed by atoms with van der Waals surface area (Å²) in [6.07, 6.45) is 0. The fourth-order valence-electron chi connectivity index (χ4n) is 12.5. The molecule has 0 aliphatic carbocycles. The molecule has 0 amide bonds. The topological polar surface area (TPSA) is 6.48 Å². The molecule has 0 radical (unpaired) electrons. The molecule has 14 rings (SSSR count). The Bertz CT molecular complexity index is 4280. The van der Waals surface area contributed by atoms with Gasteiger partial charge in [0.05, 0.1) is 11.4 Å². The molecule has 0 aliphatic rings. The summed E-state index contributed by atoms with van der Waals surface area (Å²) in [4.78, 5) is 4.97. The summed E-state index contributed by atoms with van der Waals surface area (Å²) in [5.41, 5.74) is 29.9. The van der Waals surface area contributed by atoms with Crippen molar-refractivity contribution in [3.63, 3.8) is 0 Å². The van der Waals surface area contributed by atoms with E-state index in [0.29, 0.717) is 0 Å². The van der Waals surface area contributed by atoms with Gasteiger partial charge in [-0.2, -0.15) is 0 Å². The molecule has 0 unspecified atom stereocenters. The van der Waals surface area contributed by atoms with Crippen molar-refractivity contribution in [1.82, 2.24) is 0 Å². The standard InChI is InChI=1S/C86H64N2/c1-61-57-75(49-55-83(61)87(77-51-45-65(46-52-77)73-39-21-37-71(59-73)63-25-9-3-10-26-63)85-79(67-29-13-5-14-30-67)41-23-42-80(85)68-31-15-6-16-32-68)76-50-56-84(62(2)58-76)88(78-53-47-66(48-54-78)74-40-22-38-72(60-74)64-27-11-4-12-28-64)86-81(69-33-17-7-18-34-69)43-24-44-82(86)70-35-19-8-20-36-70/h3-60H,1-2H3. The number of para-hydroxylation sites is 2. The lowest BCUT2D eigenvalue weighted by Gasteiger charge is -2.32. The first-order valence-corrected chi connectivity index (χ1v) is 30.3. The van der Waals surface area contributed by atoms with E-state index in [-0.39, 0.29) is 0 Å². The first-order chi connectivity index (χ1) is 43.5. The van der Waals surface area contributed by atoms with Crippen LogP contribution in [0.5, 0.6) is 0 Å². The molecule has 14 aromatic rings. The number of anilines is 6. The van der Waals surface area contributed by atoms with E-state index >= 15 is 0 Å². The molecule has 0 atom stereocenters. The highest BCUT2D eigenvalue weighted by Gasteiger charge is 2.26. The zero-order chi connectivity index (χ0) is 59.2. The Labute approximate surface area is 517 Å². The molecule has 0 fully saturated rings. The molecule has 0 aromatic heterocycles. The predicted molar refractivity (Wildman–Crippen MR) is 374 cm³/mol. The van der Waals surface area contributed by atoms with Crippen molar-refractivity contribution < 1.29 is 0 Å². The molecule has 418 valence electrons. The second-order valence-electron chi connectivity index (χ2n) is 22.5. The monoisotopic (exact) mass is 1120 g/mol. The fraction of sp³-hybridized carbons (Fsp3) is 0.0233. The SMILES string of the molecule is Cc1cc(-c2ccc(N(c3ccc(-c4cccc(-c5ccccc5)c4)cc3)c3c(-c4ccccc4)cccc3-c3ccccc3)c(C)c2)ccc1N(c1ccc(-c2cccc(-c3ccccc3)c2)cc1)c1c(-c2ccccc2)cccc1-c1ccccc1. The third-order valence-electron chi connectivity index (χ3n) is 16.9. The van der Waals surface area contributed by atoms with Crippen molar-refractivity contribution in [3.05, 3.63) is 363 Å². The van der Waals surface area contributed by atoms with E-state index in [4.69, 9.17) is 0 Å². The minimum absolute atomic E-state index is 1.07. The summed E-state index contributed by atoms with van der Waals surface area (Å²) < 4.78 is 0. The van der Waals surface area contributed by atoms with Crippen LogP contribution in [0.1, 0.15) is 11.1 Å². The fourth-order valence-corrected chi connectivity index (χ4v) is 12.5. The van der Waals surface area contributed by atoms with Gasteiger partial charge in [0.15, 0.2) is 0 Å². The normalized spacial score (nSPS) is 11.1. The van der Waals surface area contributed by atoms with Crippen LogP contribution in [0.25, 0.3) is 100 Å². The Morgan fingerprint density at radius 2 is 0.386 bits per heavy atom. The van der Waals surface area contributed by atoms with Crippen LogP contribution in [0.15, 0.2) is 352 Å². The van der Waals surface area contributed by atoms with E-state index in [1.807, 2.05) is 0 Å². The average Bonchev–Trinajstić information content (AvgIpc) is 1.26. The number of aryl methyl sites for hydroxylation is 2. The zero-order valence-corrected chi connectivity index (χ0v) is 49.4.